The second-order valence-corrected chi connectivity index (χ2v) is 8.93. The van der Waals surface area contributed by atoms with Gasteiger partial charge in [0, 0.05) is 16.6 Å². The van der Waals surface area contributed by atoms with Crippen LogP contribution in [0.5, 0.6) is 0 Å². The predicted octanol–water partition coefficient (Wildman–Crippen LogP) is 3.09. The van der Waals surface area contributed by atoms with Gasteiger partial charge in [-0.2, -0.15) is 9.50 Å². The Labute approximate surface area is 175 Å². The minimum atomic E-state index is -0.329. The highest BCUT2D eigenvalue weighted by molar-refractivity contribution is 9.10. The van der Waals surface area contributed by atoms with Gasteiger partial charge in [0.05, 0.1) is 16.1 Å². The molecule has 1 aliphatic heterocycles. The van der Waals surface area contributed by atoms with Crippen LogP contribution in [0, 0.1) is 0 Å². The SMILES string of the molecule is C=CCN1C(=O)/C(=c2\sc3nc(-c4cccs4)nn3c2=O)c2cc(Br)ccc21. The predicted molar refractivity (Wildman–Crippen MR) is 115 cm³/mol. The fourth-order valence-corrected chi connectivity index (χ4v) is 5.24. The zero-order valence-electron chi connectivity index (χ0n) is 14.3. The molecule has 1 amide bonds. The minimum Gasteiger partial charge on any atom is -0.304 e. The lowest BCUT2D eigenvalue weighted by Gasteiger charge is -2.14. The van der Waals surface area contributed by atoms with Crippen LogP contribution in [-0.4, -0.2) is 27.0 Å². The van der Waals surface area contributed by atoms with E-state index in [0.717, 1.165) is 20.6 Å². The van der Waals surface area contributed by atoms with Crippen LogP contribution < -0.4 is 15.0 Å². The number of hydrogen-bond acceptors (Lipinski definition) is 6. The molecule has 4 aromatic rings. The van der Waals surface area contributed by atoms with Crippen molar-refractivity contribution in [3.05, 3.63) is 73.3 Å². The van der Waals surface area contributed by atoms with E-state index in [1.165, 1.54) is 27.2 Å². The topological polar surface area (TPSA) is 67.6 Å². The number of fused-ring (bicyclic) bond motifs is 2. The van der Waals surface area contributed by atoms with Gasteiger partial charge < -0.3 is 4.90 Å². The van der Waals surface area contributed by atoms with E-state index < -0.39 is 0 Å². The van der Waals surface area contributed by atoms with Crippen molar-refractivity contribution in [2.24, 2.45) is 0 Å². The Hall–Kier alpha value is -2.62. The standard InChI is InChI=1S/C19H11BrN4O2S2/c1-2-7-23-12-6-5-10(20)9-11(12)14(17(23)25)15-18(26)24-19(28-15)21-16(22-24)13-4-3-8-27-13/h2-6,8-9H,1,7H2/b15-14-. The molecule has 1 aliphatic rings. The molecule has 4 heterocycles. The van der Waals surface area contributed by atoms with Crippen LogP contribution in [0.4, 0.5) is 5.69 Å². The van der Waals surface area contributed by atoms with E-state index >= 15 is 0 Å². The number of carbonyl (C=O) groups excluding carboxylic acids is 1. The normalized spacial score (nSPS) is 15.5. The molecule has 0 bridgehead atoms. The lowest BCUT2D eigenvalue weighted by atomic mass is 10.1. The van der Waals surface area contributed by atoms with Crippen molar-refractivity contribution in [2.45, 2.75) is 0 Å². The summed E-state index contributed by atoms with van der Waals surface area (Å²) in [6.07, 6.45) is 1.67. The summed E-state index contributed by atoms with van der Waals surface area (Å²) in [6.45, 7) is 4.10. The Morgan fingerprint density at radius 3 is 2.82 bits per heavy atom. The van der Waals surface area contributed by atoms with E-state index in [4.69, 9.17) is 0 Å². The van der Waals surface area contributed by atoms with Crippen molar-refractivity contribution in [1.82, 2.24) is 14.6 Å². The number of carbonyl (C=O) groups is 1. The number of rotatable bonds is 3. The van der Waals surface area contributed by atoms with Crippen molar-refractivity contribution in [2.75, 3.05) is 11.4 Å². The van der Waals surface area contributed by atoms with Crippen LogP contribution in [0.25, 0.3) is 21.2 Å². The number of anilines is 1. The first-order valence-electron chi connectivity index (χ1n) is 8.29. The van der Waals surface area contributed by atoms with Crippen molar-refractivity contribution in [3.8, 4) is 10.7 Å². The van der Waals surface area contributed by atoms with E-state index in [2.05, 4.69) is 32.6 Å². The molecule has 0 unspecified atom stereocenters. The maximum atomic E-state index is 13.1. The van der Waals surface area contributed by atoms with Crippen LogP contribution in [0.15, 0.2) is 57.6 Å². The van der Waals surface area contributed by atoms with Gasteiger partial charge in [-0.3, -0.25) is 9.59 Å². The highest BCUT2D eigenvalue weighted by Gasteiger charge is 2.34. The van der Waals surface area contributed by atoms with Gasteiger partial charge in [-0.05, 0) is 29.6 Å². The maximum Gasteiger partial charge on any atom is 0.291 e. The molecular formula is C19H11BrN4O2S2. The molecule has 5 rings (SSSR count). The number of thiazole rings is 1. The van der Waals surface area contributed by atoms with E-state index in [0.29, 0.717) is 27.4 Å². The fraction of sp³-hybridized carbons (Fsp3) is 0.0526. The summed E-state index contributed by atoms with van der Waals surface area (Å²) in [5, 5.41) is 6.29. The van der Waals surface area contributed by atoms with E-state index in [1.54, 1.807) is 11.0 Å². The summed E-state index contributed by atoms with van der Waals surface area (Å²) in [4.78, 5) is 33.6. The first-order chi connectivity index (χ1) is 13.6. The number of nitrogens with zero attached hydrogens (tertiary/aromatic N) is 4. The van der Waals surface area contributed by atoms with Crippen molar-refractivity contribution in [1.29, 1.82) is 0 Å². The molecule has 28 heavy (non-hydrogen) atoms. The number of aromatic nitrogens is 3. The van der Waals surface area contributed by atoms with Crippen molar-refractivity contribution in [3.63, 3.8) is 0 Å². The summed E-state index contributed by atoms with van der Waals surface area (Å²) in [6, 6.07) is 9.42. The van der Waals surface area contributed by atoms with E-state index in [9.17, 15) is 9.59 Å². The Balaban J connectivity index is 1.78. The van der Waals surface area contributed by atoms with Gasteiger partial charge in [-0.1, -0.05) is 39.4 Å². The first-order valence-corrected chi connectivity index (χ1v) is 10.8. The number of halogens is 1. The molecule has 9 heteroatoms. The van der Waals surface area contributed by atoms with Gasteiger partial charge in [0.15, 0.2) is 5.82 Å². The monoisotopic (exact) mass is 470 g/mol. The number of thiophene rings is 1. The zero-order valence-corrected chi connectivity index (χ0v) is 17.5. The van der Waals surface area contributed by atoms with Crippen LogP contribution >= 0.6 is 38.6 Å². The third-order valence-corrected chi connectivity index (χ3v) is 6.80. The van der Waals surface area contributed by atoms with Crippen molar-refractivity contribution >= 4 is 60.7 Å². The highest BCUT2D eigenvalue weighted by Crippen LogP contribution is 2.37. The summed E-state index contributed by atoms with van der Waals surface area (Å²) in [5.74, 6) is 0.303. The largest absolute Gasteiger partial charge is 0.304 e. The van der Waals surface area contributed by atoms with Gasteiger partial charge in [-0.25, -0.2) is 0 Å². The van der Waals surface area contributed by atoms with Gasteiger partial charge in [-0.15, -0.1) is 23.0 Å². The lowest BCUT2D eigenvalue weighted by Crippen LogP contribution is -2.32. The average molecular weight is 471 g/mol. The zero-order chi connectivity index (χ0) is 19.4. The fourth-order valence-electron chi connectivity index (χ4n) is 3.23. The van der Waals surface area contributed by atoms with E-state index in [1.807, 2.05) is 35.7 Å². The van der Waals surface area contributed by atoms with Gasteiger partial charge in [0.2, 0.25) is 4.96 Å². The summed E-state index contributed by atoms with van der Waals surface area (Å²) in [7, 11) is 0. The first kappa shape index (κ1) is 17.5. The van der Waals surface area contributed by atoms with Gasteiger partial charge in [0.1, 0.15) is 4.53 Å². The van der Waals surface area contributed by atoms with Crippen molar-refractivity contribution < 1.29 is 4.79 Å². The van der Waals surface area contributed by atoms with Gasteiger partial charge in [0.25, 0.3) is 11.5 Å². The molecule has 0 saturated carbocycles. The molecule has 1 aromatic carbocycles. The molecule has 0 fully saturated rings. The molecule has 0 aliphatic carbocycles. The molecule has 138 valence electrons. The lowest BCUT2D eigenvalue weighted by molar-refractivity contribution is -0.112. The molecular weight excluding hydrogens is 460 g/mol. The average Bonchev–Trinajstić information content (AvgIpc) is 3.42. The molecule has 6 nitrogen and oxygen atoms in total. The molecule has 0 radical (unpaired) electrons. The minimum absolute atomic E-state index is 0.215. The van der Waals surface area contributed by atoms with Crippen LogP contribution in [0.1, 0.15) is 5.56 Å². The summed E-state index contributed by atoms with van der Waals surface area (Å²) in [5.41, 5.74) is 1.55. The molecule has 3 aromatic heterocycles. The molecule has 0 N–H and O–H groups in total. The maximum absolute atomic E-state index is 13.1. The summed E-state index contributed by atoms with van der Waals surface area (Å²) < 4.78 is 2.47. The Morgan fingerprint density at radius 1 is 1.25 bits per heavy atom. The molecule has 0 atom stereocenters. The van der Waals surface area contributed by atoms with E-state index in [-0.39, 0.29) is 11.5 Å². The van der Waals surface area contributed by atoms with Crippen LogP contribution in [-0.2, 0) is 4.79 Å². The number of amides is 1. The second kappa shape index (κ2) is 6.47. The number of benzene rings is 1. The Morgan fingerprint density at radius 2 is 2.11 bits per heavy atom. The quantitative estimate of drug-likeness (QED) is 0.431. The Bertz CT molecular complexity index is 1370. The number of hydrogen-bond donors (Lipinski definition) is 0. The van der Waals surface area contributed by atoms with Crippen LogP contribution in [0.3, 0.4) is 0 Å². The smallest absolute Gasteiger partial charge is 0.291 e. The second-order valence-electron chi connectivity index (χ2n) is 6.08. The van der Waals surface area contributed by atoms with Gasteiger partial charge >= 0.3 is 0 Å². The third kappa shape index (κ3) is 2.50. The molecule has 0 saturated heterocycles. The Kier molecular flexibility index (Phi) is 4.04. The molecule has 0 spiro atoms. The highest BCUT2D eigenvalue weighted by atomic mass is 79.9. The summed E-state index contributed by atoms with van der Waals surface area (Å²) >= 11 is 6.15. The third-order valence-electron chi connectivity index (χ3n) is 4.42. The van der Waals surface area contributed by atoms with Crippen LogP contribution in [0.2, 0.25) is 0 Å².